The first-order valence-corrected chi connectivity index (χ1v) is 18.5. The van der Waals surface area contributed by atoms with Gasteiger partial charge in [0.05, 0.1) is 11.0 Å². The summed E-state index contributed by atoms with van der Waals surface area (Å²) in [6, 6.07) is 40.8. The van der Waals surface area contributed by atoms with E-state index in [1.165, 1.54) is 53.6 Å². The van der Waals surface area contributed by atoms with Crippen LogP contribution in [0.5, 0.6) is 0 Å². The first-order chi connectivity index (χ1) is 25.2. The Labute approximate surface area is 298 Å². The second kappa shape index (κ2) is 11.3. The molecule has 0 amide bonds. The maximum Gasteiger partial charge on any atom is 0.159 e. The van der Waals surface area contributed by atoms with Gasteiger partial charge in [0.1, 0.15) is 23.3 Å². The van der Waals surface area contributed by atoms with Crippen LogP contribution < -0.4 is 5.32 Å². The lowest BCUT2D eigenvalue weighted by atomic mass is 9.99. The number of fused-ring (bicyclic) bond motifs is 9. The average molecular weight is 677 g/mol. The Balaban J connectivity index is 1.03. The van der Waals surface area contributed by atoms with Crippen molar-refractivity contribution in [2.45, 2.75) is 31.8 Å². The van der Waals surface area contributed by atoms with Crippen LogP contribution in [-0.4, -0.2) is 16.2 Å². The third-order valence-corrected chi connectivity index (χ3v) is 11.8. The number of aryl methyl sites for hydroxylation is 2. The van der Waals surface area contributed by atoms with E-state index in [0.29, 0.717) is 5.84 Å². The molecule has 8 aromatic rings. The third-order valence-electron chi connectivity index (χ3n) is 10.6. The zero-order valence-electron chi connectivity index (χ0n) is 27.8. The van der Waals surface area contributed by atoms with Crippen LogP contribution in [-0.2, 0) is 12.8 Å². The fourth-order valence-corrected chi connectivity index (χ4v) is 9.38. The smallest absolute Gasteiger partial charge is 0.159 e. The summed E-state index contributed by atoms with van der Waals surface area (Å²) in [7, 11) is 0. The molecular formula is C45H32N4OS. The van der Waals surface area contributed by atoms with Gasteiger partial charge >= 0.3 is 0 Å². The predicted molar refractivity (Wildman–Crippen MR) is 213 cm³/mol. The van der Waals surface area contributed by atoms with Crippen molar-refractivity contribution in [1.82, 2.24) is 9.88 Å². The van der Waals surface area contributed by atoms with Gasteiger partial charge in [-0.15, -0.1) is 11.3 Å². The number of aromatic nitrogens is 1. The Hall–Kier alpha value is -5.98. The van der Waals surface area contributed by atoms with Crippen LogP contribution in [0.15, 0.2) is 136 Å². The molecule has 244 valence electrons. The summed E-state index contributed by atoms with van der Waals surface area (Å²) >= 11 is 1.96. The third kappa shape index (κ3) is 4.60. The van der Waals surface area contributed by atoms with Crippen molar-refractivity contribution >= 4 is 83.7 Å². The van der Waals surface area contributed by atoms with Gasteiger partial charge in [-0.1, -0.05) is 97.1 Å². The van der Waals surface area contributed by atoms with Gasteiger partial charge in [0, 0.05) is 59.9 Å². The van der Waals surface area contributed by atoms with Gasteiger partial charge in [-0.25, -0.2) is 9.98 Å². The SMILES string of the molecule is C1=Cc2c(sc3cc4c(cc23)c2ccccc2n4C2=Cc3c(oc4cc(C5=NC(c6ccccc6)NC(c6ccccc6)=N5)ccc34)CC2)CC1. The van der Waals surface area contributed by atoms with Crippen molar-refractivity contribution in [3.05, 3.63) is 160 Å². The zero-order valence-corrected chi connectivity index (χ0v) is 28.6. The molecule has 5 nitrogen and oxygen atoms in total. The minimum absolute atomic E-state index is 0.247. The normalized spacial score (nSPS) is 16.9. The maximum absolute atomic E-state index is 6.61. The highest BCUT2D eigenvalue weighted by molar-refractivity contribution is 7.19. The first-order valence-electron chi connectivity index (χ1n) is 17.7. The number of benzene rings is 5. The molecule has 3 aromatic heterocycles. The molecule has 0 fully saturated rings. The van der Waals surface area contributed by atoms with Crippen LogP contribution in [0.3, 0.4) is 0 Å². The van der Waals surface area contributed by atoms with Crippen molar-refractivity contribution in [3.63, 3.8) is 0 Å². The van der Waals surface area contributed by atoms with Crippen LogP contribution in [0.2, 0.25) is 0 Å². The van der Waals surface area contributed by atoms with Crippen LogP contribution in [0.4, 0.5) is 0 Å². The molecule has 1 aliphatic heterocycles. The number of nitrogens with one attached hydrogen (secondary N) is 1. The number of hydrogen-bond donors (Lipinski definition) is 1. The van der Waals surface area contributed by atoms with Crippen LogP contribution in [0, 0.1) is 0 Å². The Morgan fingerprint density at radius 2 is 1.55 bits per heavy atom. The minimum atomic E-state index is -0.247. The molecule has 0 spiro atoms. The molecule has 0 bridgehead atoms. The van der Waals surface area contributed by atoms with Gasteiger partial charge in [0.25, 0.3) is 0 Å². The summed E-state index contributed by atoms with van der Waals surface area (Å²) in [6.07, 6.45) is 10.8. The summed E-state index contributed by atoms with van der Waals surface area (Å²) in [5, 5.41) is 8.67. The van der Waals surface area contributed by atoms with Crippen LogP contribution in [0.1, 0.15) is 57.5 Å². The lowest BCUT2D eigenvalue weighted by Gasteiger charge is -2.23. The molecule has 1 N–H and O–H groups in total. The average Bonchev–Trinajstić information content (AvgIpc) is 3.86. The summed E-state index contributed by atoms with van der Waals surface area (Å²) in [4.78, 5) is 11.6. The molecule has 0 saturated heterocycles. The monoisotopic (exact) mass is 676 g/mol. The Morgan fingerprint density at radius 1 is 0.706 bits per heavy atom. The highest BCUT2D eigenvalue weighted by Gasteiger charge is 2.25. The van der Waals surface area contributed by atoms with E-state index < -0.39 is 0 Å². The van der Waals surface area contributed by atoms with Gasteiger partial charge in [0.2, 0.25) is 0 Å². The van der Waals surface area contributed by atoms with Crippen molar-refractivity contribution in [1.29, 1.82) is 0 Å². The van der Waals surface area contributed by atoms with Gasteiger partial charge < -0.3 is 14.3 Å². The van der Waals surface area contributed by atoms with E-state index in [0.717, 1.165) is 64.9 Å². The van der Waals surface area contributed by atoms with Crippen molar-refractivity contribution in [3.8, 4) is 0 Å². The summed E-state index contributed by atoms with van der Waals surface area (Å²) in [5.41, 5.74) is 10.3. The van der Waals surface area contributed by atoms with Crippen LogP contribution in [0.25, 0.3) is 60.7 Å². The van der Waals surface area contributed by atoms with E-state index in [4.69, 9.17) is 14.4 Å². The van der Waals surface area contributed by atoms with E-state index >= 15 is 0 Å². The number of allylic oxidation sites excluding steroid dienone is 2. The van der Waals surface area contributed by atoms with Crippen molar-refractivity contribution in [2.24, 2.45) is 9.98 Å². The van der Waals surface area contributed by atoms with Crippen molar-refractivity contribution in [2.75, 3.05) is 0 Å². The molecule has 1 unspecified atom stereocenters. The molecule has 0 saturated carbocycles. The summed E-state index contributed by atoms with van der Waals surface area (Å²) < 4.78 is 10.5. The topological polar surface area (TPSA) is 54.8 Å². The zero-order chi connectivity index (χ0) is 33.5. The number of amidine groups is 2. The first kappa shape index (κ1) is 28.8. The lowest BCUT2D eigenvalue weighted by molar-refractivity contribution is 0.546. The molecule has 3 aliphatic rings. The van der Waals surface area contributed by atoms with Crippen LogP contribution >= 0.6 is 11.3 Å². The quantitative estimate of drug-likeness (QED) is 0.202. The van der Waals surface area contributed by atoms with E-state index in [9.17, 15) is 0 Å². The molecule has 1 atom stereocenters. The largest absolute Gasteiger partial charge is 0.460 e. The molecule has 6 heteroatoms. The molecule has 0 radical (unpaired) electrons. The van der Waals surface area contributed by atoms with E-state index in [1.807, 2.05) is 47.7 Å². The summed E-state index contributed by atoms with van der Waals surface area (Å²) in [6.45, 7) is 0. The highest BCUT2D eigenvalue weighted by Crippen LogP contribution is 2.43. The molecule has 5 aromatic carbocycles. The minimum Gasteiger partial charge on any atom is -0.460 e. The Morgan fingerprint density at radius 3 is 2.45 bits per heavy atom. The Bertz CT molecular complexity index is 2830. The molecule has 4 heterocycles. The lowest BCUT2D eigenvalue weighted by Crippen LogP contribution is -2.33. The standard InChI is InChI=1S/C45H32N4OS/c1-3-11-27(12-4-1)43-46-44(28-13-5-2-6-14-28)48-45(47-43)29-19-21-32-35-24-30(20-22-39(35)50-40(32)23-29)49-37-17-9-7-15-31(37)34-25-36-33-16-8-10-18-41(33)51-42(36)26-38(34)49/h1-9,11-17,19,21,23-26,43H,10,18,20,22H2,(H,46,47,48). The van der Waals surface area contributed by atoms with E-state index in [-0.39, 0.29) is 6.17 Å². The van der Waals surface area contributed by atoms with Gasteiger partial charge in [0.15, 0.2) is 5.84 Å². The second-order valence-corrected chi connectivity index (χ2v) is 14.8. The van der Waals surface area contributed by atoms with E-state index in [1.54, 1.807) is 0 Å². The number of furan rings is 1. The Kier molecular flexibility index (Phi) is 6.37. The fraction of sp³-hybridized carbons (Fsp3) is 0.111. The molecular weight excluding hydrogens is 645 g/mol. The summed E-state index contributed by atoms with van der Waals surface area (Å²) in [5.74, 6) is 2.54. The predicted octanol–water partition coefficient (Wildman–Crippen LogP) is 11.2. The number of aliphatic imine (C=N–C) groups is 2. The van der Waals surface area contributed by atoms with Gasteiger partial charge in [-0.3, -0.25) is 0 Å². The number of rotatable bonds is 4. The number of nitrogens with zero attached hydrogens (tertiary/aromatic N) is 3. The van der Waals surface area contributed by atoms with Gasteiger partial charge in [-0.05, 0) is 66.8 Å². The molecule has 2 aliphatic carbocycles. The second-order valence-electron chi connectivity index (χ2n) is 13.6. The molecule has 11 rings (SSSR count). The number of thiophene rings is 1. The van der Waals surface area contributed by atoms with E-state index in [2.05, 4.69) is 107 Å². The number of hydrogen-bond acceptors (Lipinski definition) is 5. The van der Waals surface area contributed by atoms with Gasteiger partial charge in [-0.2, -0.15) is 0 Å². The van der Waals surface area contributed by atoms with Crippen molar-refractivity contribution < 1.29 is 4.42 Å². The maximum atomic E-state index is 6.61. The molecule has 51 heavy (non-hydrogen) atoms. The highest BCUT2D eigenvalue weighted by atomic mass is 32.1. The number of para-hydroxylation sites is 1. The fourth-order valence-electron chi connectivity index (χ4n) is 8.16.